The Kier molecular flexibility index (Phi) is 8.48. The molecular formula is C22H32Cl2SiZr. The molecule has 26 heavy (non-hydrogen) atoms. The molecule has 0 heterocycles. The van der Waals surface area contributed by atoms with E-state index in [2.05, 4.69) is 53.3 Å². The number of rotatable bonds is 4. The van der Waals surface area contributed by atoms with Crippen LogP contribution >= 0.6 is 17.0 Å². The van der Waals surface area contributed by atoms with E-state index in [9.17, 15) is 0 Å². The molecule has 0 N–H and O–H groups in total. The molecule has 2 aromatic rings. The van der Waals surface area contributed by atoms with Gasteiger partial charge in [-0.2, -0.15) is 49.8 Å². The van der Waals surface area contributed by atoms with Gasteiger partial charge in [-0.1, -0.05) is 79.3 Å². The van der Waals surface area contributed by atoms with Crippen LogP contribution in [0.15, 0.2) is 12.1 Å². The van der Waals surface area contributed by atoms with E-state index >= 15 is 0 Å². The van der Waals surface area contributed by atoms with Crippen molar-refractivity contribution in [3.8, 4) is 0 Å². The molecule has 1 atom stereocenters. The summed E-state index contributed by atoms with van der Waals surface area (Å²) in [4.78, 5) is 0. The van der Waals surface area contributed by atoms with Crippen molar-refractivity contribution in [3.63, 3.8) is 0 Å². The quantitative estimate of drug-likeness (QED) is 0.356. The number of fused-ring (bicyclic) bond motifs is 1. The maximum absolute atomic E-state index is 4.93. The molecule has 2 aromatic carbocycles. The summed E-state index contributed by atoms with van der Waals surface area (Å²) >= 11 is -0.826. The minimum atomic E-state index is -1.63. The van der Waals surface area contributed by atoms with Crippen molar-refractivity contribution in [1.82, 2.24) is 0 Å². The average molecular weight is 487 g/mol. The predicted molar refractivity (Wildman–Crippen MR) is 117 cm³/mol. The van der Waals surface area contributed by atoms with Gasteiger partial charge in [0.25, 0.3) is 0 Å². The van der Waals surface area contributed by atoms with Gasteiger partial charge in [-0.05, 0) is 8.07 Å². The summed E-state index contributed by atoms with van der Waals surface area (Å²) < 4.78 is 0. The summed E-state index contributed by atoms with van der Waals surface area (Å²) in [5.41, 5.74) is 9.66. The van der Waals surface area contributed by atoms with Crippen molar-refractivity contribution in [1.29, 1.82) is 0 Å². The van der Waals surface area contributed by atoms with Crippen LogP contribution in [0.5, 0.6) is 0 Å². The molecular weight excluding hydrogens is 454 g/mol. The van der Waals surface area contributed by atoms with E-state index in [0.29, 0.717) is 0 Å². The van der Waals surface area contributed by atoms with Gasteiger partial charge in [0.1, 0.15) is 0 Å². The number of halogens is 2. The zero-order valence-corrected chi connectivity index (χ0v) is 22.1. The third kappa shape index (κ3) is 4.19. The second-order valence-electron chi connectivity index (χ2n) is 7.99. The fourth-order valence-corrected chi connectivity index (χ4v) is 10.4. The molecule has 4 heteroatoms. The van der Waals surface area contributed by atoms with Crippen LogP contribution in [-0.4, -0.2) is 8.07 Å². The van der Waals surface area contributed by atoms with Gasteiger partial charge in [0.05, 0.1) is 0 Å². The fraction of sp³-hybridized carbons (Fsp3) is 0.545. The first kappa shape index (κ1) is 22.7. The molecule has 0 fully saturated rings. The summed E-state index contributed by atoms with van der Waals surface area (Å²) in [5, 5.41) is 3.53. The van der Waals surface area contributed by atoms with Crippen LogP contribution < -0.4 is 10.4 Å². The van der Waals surface area contributed by atoms with Crippen LogP contribution in [0.2, 0.25) is 12.6 Å². The third-order valence-electron chi connectivity index (χ3n) is 6.62. The van der Waals surface area contributed by atoms with Crippen LogP contribution in [0.3, 0.4) is 0 Å². The standard InChI is InChI=1S/C22H32Si.2ClH.Zr/c1-7-14-23(6,22-17(4)15(2)16(3)18(22)5)21-13-12-19-10-8-9-11-20(19)21;;;/h12-13H,7-11,14H2,1-6H3;2*1H;/q-2;;;+4/p-2. The molecule has 0 radical (unpaired) electrons. The summed E-state index contributed by atoms with van der Waals surface area (Å²) in [6.07, 6.45) is 6.70. The van der Waals surface area contributed by atoms with Crippen LogP contribution in [0.4, 0.5) is 0 Å². The van der Waals surface area contributed by atoms with Gasteiger partial charge in [0.15, 0.2) is 0 Å². The van der Waals surface area contributed by atoms with Crippen molar-refractivity contribution in [2.24, 2.45) is 0 Å². The molecule has 0 amide bonds. The first-order valence-corrected chi connectivity index (χ1v) is 18.8. The first-order chi connectivity index (χ1) is 12.3. The van der Waals surface area contributed by atoms with Crippen molar-refractivity contribution in [2.75, 3.05) is 0 Å². The summed E-state index contributed by atoms with van der Waals surface area (Å²) in [6.45, 7) is 14.4. The van der Waals surface area contributed by atoms with Crippen LogP contribution in [0, 0.1) is 27.7 Å². The Hall–Kier alpha value is 0.380. The first-order valence-electron chi connectivity index (χ1n) is 9.81. The van der Waals surface area contributed by atoms with Gasteiger partial charge in [0, 0.05) is 0 Å². The Morgan fingerprint density at radius 2 is 1.58 bits per heavy atom. The van der Waals surface area contributed by atoms with Gasteiger partial charge in [-0.25, -0.2) is 6.07 Å². The number of hydrogen-bond acceptors (Lipinski definition) is 0. The van der Waals surface area contributed by atoms with Gasteiger partial charge < -0.3 is 0 Å². The molecule has 0 bridgehead atoms. The molecule has 0 nitrogen and oxygen atoms in total. The average Bonchev–Trinajstić information content (AvgIpc) is 3.13. The number of aryl methyl sites for hydroxylation is 1. The molecule has 0 aliphatic heterocycles. The molecule has 0 saturated carbocycles. The van der Waals surface area contributed by atoms with Crippen molar-refractivity contribution in [2.45, 2.75) is 79.3 Å². The van der Waals surface area contributed by atoms with Crippen molar-refractivity contribution >= 4 is 35.5 Å². The van der Waals surface area contributed by atoms with Gasteiger partial charge in [0.2, 0.25) is 0 Å². The Bertz CT molecular complexity index is 718. The fourth-order valence-electron chi connectivity index (χ4n) is 5.16. The van der Waals surface area contributed by atoms with E-state index in [4.69, 9.17) is 17.0 Å². The molecule has 1 aliphatic carbocycles. The molecule has 142 valence electrons. The van der Waals surface area contributed by atoms with Gasteiger partial charge in [-0.15, -0.1) is 0 Å². The molecule has 1 unspecified atom stereocenters. The van der Waals surface area contributed by atoms with Crippen LogP contribution in [0.1, 0.15) is 59.6 Å². The summed E-state index contributed by atoms with van der Waals surface area (Å²) in [5.74, 6) is 0. The minimum absolute atomic E-state index is 0.826. The SMILES string of the molecule is CCC[Si](C)([c-]1ccc2c1CCCC2)[c-]1c(C)c(C)c(C)c1C.[Cl][Zr+2][Cl]. The van der Waals surface area contributed by atoms with E-state index in [0.717, 1.165) is 0 Å². The molecule has 0 spiro atoms. The van der Waals surface area contributed by atoms with E-state index in [-0.39, 0.29) is 0 Å². The number of hydrogen-bond donors (Lipinski definition) is 0. The molecule has 0 aromatic heterocycles. The third-order valence-corrected chi connectivity index (χ3v) is 11.6. The predicted octanol–water partition coefficient (Wildman–Crippen LogP) is 6.22. The second-order valence-corrected chi connectivity index (χ2v) is 15.9. The van der Waals surface area contributed by atoms with E-state index in [1.165, 1.54) is 49.3 Å². The topological polar surface area (TPSA) is 0 Å². The molecule has 3 rings (SSSR count). The maximum atomic E-state index is 4.93. The summed E-state index contributed by atoms with van der Waals surface area (Å²) in [6, 6.07) is 6.36. The normalized spacial score (nSPS) is 15.5. The van der Waals surface area contributed by atoms with Crippen molar-refractivity contribution < 1.29 is 20.8 Å². The van der Waals surface area contributed by atoms with E-state index in [1.807, 2.05) is 0 Å². The van der Waals surface area contributed by atoms with Gasteiger partial charge >= 0.3 is 37.9 Å². The van der Waals surface area contributed by atoms with Gasteiger partial charge in [-0.3, -0.25) is 0 Å². The zero-order chi connectivity index (χ0) is 19.5. The monoisotopic (exact) mass is 484 g/mol. The Labute approximate surface area is 180 Å². The molecule has 0 saturated heterocycles. The Balaban J connectivity index is 0.000000758. The van der Waals surface area contributed by atoms with E-state index in [1.54, 1.807) is 32.6 Å². The Morgan fingerprint density at radius 3 is 2.12 bits per heavy atom. The second kappa shape index (κ2) is 9.73. The molecule has 1 aliphatic rings. The van der Waals surface area contributed by atoms with Crippen LogP contribution in [-0.2, 0) is 33.7 Å². The van der Waals surface area contributed by atoms with Crippen molar-refractivity contribution in [3.05, 3.63) is 45.5 Å². The Morgan fingerprint density at radius 1 is 1.04 bits per heavy atom. The zero-order valence-electron chi connectivity index (χ0n) is 17.2. The summed E-state index contributed by atoms with van der Waals surface area (Å²) in [7, 11) is 8.24. The van der Waals surface area contributed by atoms with Crippen LogP contribution in [0.25, 0.3) is 0 Å². The van der Waals surface area contributed by atoms with E-state index < -0.39 is 28.9 Å².